The zero-order valence-electron chi connectivity index (χ0n) is 33.0. The van der Waals surface area contributed by atoms with Gasteiger partial charge in [-0.3, -0.25) is 0 Å². The molecule has 59 heavy (non-hydrogen) atoms. The summed E-state index contributed by atoms with van der Waals surface area (Å²) < 4.78 is 0. The van der Waals surface area contributed by atoms with Crippen molar-refractivity contribution in [2.75, 3.05) is 0 Å². The van der Waals surface area contributed by atoms with Crippen LogP contribution < -0.4 is 0 Å². The van der Waals surface area contributed by atoms with Gasteiger partial charge in [-0.15, -0.1) is 0 Å². The van der Waals surface area contributed by atoms with Crippen LogP contribution in [0.5, 0.6) is 0 Å². The minimum absolute atomic E-state index is 0.0805. The van der Waals surface area contributed by atoms with E-state index >= 15 is 0 Å². The largest absolute Gasteiger partial charge is 0.228 e. The molecule has 9 aromatic carbocycles. The first-order valence-corrected chi connectivity index (χ1v) is 20.4. The summed E-state index contributed by atoms with van der Waals surface area (Å²) in [5, 5.41) is 4.96. The molecule has 1 aliphatic carbocycles. The Kier molecular flexibility index (Phi) is 8.20. The van der Waals surface area contributed by atoms with Crippen molar-refractivity contribution in [1.82, 2.24) is 9.97 Å². The molecule has 0 saturated heterocycles. The Balaban J connectivity index is 0.987. The summed E-state index contributed by atoms with van der Waals surface area (Å²) in [5.74, 6) is 0.705. The standard InChI is InChI=1S/C57H40N2/c1-57(2)51-34-30-39-17-9-10-21-45(39)55(51)50-31-29-42(35-52(50)57)37-25-27-40(28-26-37)44-32-33-49(47-23-13-12-22-46(44)47)54-36-53(58-56(59-54)41-18-7-4-8-19-41)48-24-14-11-20-43(48)38-15-5-3-6-16-38/h3-36H,1-2H3. The summed E-state index contributed by atoms with van der Waals surface area (Å²) in [4.78, 5) is 10.5. The Morgan fingerprint density at radius 2 is 0.847 bits per heavy atom. The first-order chi connectivity index (χ1) is 29.0. The van der Waals surface area contributed by atoms with Crippen molar-refractivity contribution in [2.24, 2.45) is 0 Å². The summed E-state index contributed by atoms with van der Waals surface area (Å²) in [6, 6.07) is 74.2. The van der Waals surface area contributed by atoms with Crippen LogP contribution in [0.4, 0.5) is 0 Å². The fourth-order valence-electron chi connectivity index (χ4n) is 9.32. The molecule has 278 valence electrons. The second-order valence-electron chi connectivity index (χ2n) is 16.1. The van der Waals surface area contributed by atoms with Crippen molar-refractivity contribution < 1.29 is 0 Å². The Hall–Kier alpha value is -7.42. The third-order valence-electron chi connectivity index (χ3n) is 12.3. The Labute approximate surface area is 345 Å². The van der Waals surface area contributed by atoms with Gasteiger partial charge in [0, 0.05) is 22.1 Å². The zero-order valence-corrected chi connectivity index (χ0v) is 33.0. The molecule has 2 nitrogen and oxygen atoms in total. The molecule has 0 saturated carbocycles. The molecule has 0 amide bonds. The van der Waals surface area contributed by atoms with Crippen LogP contribution in [0.1, 0.15) is 25.0 Å². The third-order valence-corrected chi connectivity index (χ3v) is 12.3. The smallest absolute Gasteiger partial charge is 0.160 e. The molecule has 0 bridgehead atoms. The number of nitrogens with zero attached hydrogens (tertiary/aromatic N) is 2. The molecule has 0 spiro atoms. The van der Waals surface area contributed by atoms with Crippen molar-refractivity contribution in [3.05, 3.63) is 217 Å². The summed E-state index contributed by atoms with van der Waals surface area (Å²) in [6.07, 6.45) is 0. The van der Waals surface area contributed by atoms with Gasteiger partial charge in [-0.2, -0.15) is 0 Å². The third kappa shape index (κ3) is 5.87. The summed E-state index contributed by atoms with van der Waals surface area (Å²) >= 11 is 0. The fraction of sp³-hybridized carbons (Fsp3) is 0.0526. The van der Waals surface area contributed by atoms with Crippen molar-refractivity contribution >= 4 is 21.5 Å². The van der Waals surface area contributed by atoms with Gasteiger partial charge >= 0.3 is 0 Å². The molecule has 2 heteroatoms. The lowest BCUT2D eigenvalue weighted by atomic mass is 9.81. The highest BCUT2D eigenvalue weighted by atomic mass is 14.9. The maximum absolute atomic E-state index is 5.25. The molecule has 0 N–H and O–H groups in total. The molecule has 1 aromatic heterocycles. The van der Waals surface area contributed by atoms with Crippen LogP contribution >= 0.6 is 0 Å². The first-order valence-electron chi connectivity index (χ1n) is 20.4. The number of hydrogen-bond donors (Lipinski definition) is 0. The Morgan fingerprint density at radius 3 is 1.59 bits per heavy atom. The molecule has 0 fully saturated rings. The average Bonchev–Trinajstić information content (AvgIpc) is 3.54. The highest BCUT2D eigenvalue weighted by molar-refractivity contribution is 6.05. The van der Waals surface area contributed by atoms with Gasteiger partial charge in [-0.1, -0.05) is 208 Å². The van der Waals surface area contributed by atoms with E-state index in [0.717, 1.165) is 44.6 Å². The zero-order chi connectivity index (χ0) is 39.5. The van der Waals surface area contributed by atoms with E-state index in [1.165, 1.54) is 60.7 Å². The number of rotatable bonds is 6. The first kappa shape index (κ1) is 34.8. The van der Waals surface area contributed by atoms with Gasteiger partial charge in [-0.05, 0) is 89.3 Å². The van der Waals surface area contributed by atoms with Gasteiger partial charge in [0.25, 0.3) is 0 Å². The van der Waals surface area contributed by atoms with Crippen molar-refractivity contribution in [2.45, 2.75) is 19.3 Å². The molecule has 10 aromatic rings. The van der Waals surface area contributed by atoms with Crippen LogP contribution in [-0.4, -0.2) is 9.97 Å². The molecular weight excluding hydrogens is 713 g/mol. The van der Waals surface area contributed by atoms with Crippen molar-refractivity contribution in [3.63, 3.8) is 0 Å². The average molecular weight is 753 g/mol. The fourth-order valence-corrected chi connectivity index (χ4v) is 9.32. The maximum Gasteiger partial charge on any atom is 0.160 e. The molecule has 11 rings (SSSR count). The van der Waals surface area contributed by atoms with Crippen LogP contribution in [0.2, 0.25) is 0 Å². The van der Waals surface area contributed by atoms with E-state index in [1.54, 1.807) is 0 Å². The minimum Gasteiger partial charge on any atom is -0.228 e. The highest BCUT2D eigenvalue weighted by Crippen LogP contribution is 2.52. The van der Waals surface area contributed by atoms with Gasteiger partial charge in [0.2, 0.25) is 0 Å². The second-order valence-corrected chi connectivity index (χ2v) is 16.1. The number of hydrogen-bond acceptors (Lipinski definition) is 2. The topological polar surface area (TPSA) is 25.8 Å². The van der Waals surface area contributed by atoms with Crippen LogP contribution in [0.3, 0.4) is 0 Å². The van der Waals surface area contributed by atoms with Gasteiger partial charge < -0.3 is 0 Å². The van der Waals surface area contributed by atoms with E-state index in [-0.39, 0.29) is 5.41 Å². The molecule has 1 aliphatic rings. The van der Waals surface area contributed by atoms with E-state index in [1.807, 2.05) is 18.2 Å². The lowest BCUT2D eigenvalue weighted by Crippen LogP contribution is -2.15. The van der Waals surface area contributed by atoms with Gasteiger partial charge in [0.05, 0.1) is 11.4 Å². The molecular formula is C57H40N2. The summed E-state index contributed by atoms with van der Waals surface area (Å²) in [5.41, 5.74) is 17.5. The van der Waals surface area contributed by atoms with Gasteiger partial charge in [-0.25, -0.2) is 9.97 Å². The molecule has 0 atom stereocenters. The molecule has 0 radical (unpaired) electrons. The van der Waals surface area contributed by atoms with Crippen LogP contribution in [0.15, 0.2) is 206 Å². The minimum atomic E-state index is -0.0805. The predicted molar refractivity (Wildman–Crippen MR) is 247 cm³/mol. The van der Waals surface area contributed by atoms with Crippen molar-refractivity contribution in [3.8, 4) is 78.4 Å². The Bertz CT molecular complexity index is 3220. The molecule has 0 aliphatic heterocycles. The monoisotopic (exact) mass is 752 g/mol. The van der Waals surface area contributed by atoms with E-state index in [0.29, 0.717) is 5.82 Å². The Morgan fingerprint density at radius 1 is 0.322 bits per heavy atom. The number of benzene rings is 9. The number of fused-ring (bicyclic) bond motifs is 6. The normalized spacial score (nSPS) is 12.7. The highest BCUT2D eigenvalue weighted by Gasteiger charge is 2.36. The van der Waals surface area contributed by atoms with Gasteiger partial charge in [0.1, 0.15) is 0 Å². The van der Waals surface area contributed by atoms with E-state index < -0.39 is 0 Å². The maximum atomic E-state index is 5.25. The SMILES string of the molecule is CC1(C)c2cc(-c3ccc(-c4ccc(-c5cc(-c6ccccc6-c6ccccc6)nc(-c6ccccc6)n5)c5ccccc45)cc3)ccc2-c2c1ccc1ccccc21. The lowest BCUT2D eigenvalue weighted by molar-refractivity contribution is 0.661. The van der Waals surface area contributed by atoms with Crippen LogP contribution in [0.25, 0.3) is 100.0 Å². The lowest BCUT2D eigenvalue weighted by Gasteiger charge is -2.22. The van der Waals surface area contributed by atoms with E-state index in [2.05, 4.69) is 202 Å². The summed E-state index contributed by atoms with van der Waals surface area (Å²) in [7, 11) is 0. The van der Waals surface area contributed by atoms with Crippen LogP contribution in [0, 0.1) is 0 Å². The summed E-state index contributed by atoms with van der Waals surface area (Å²) in [6.45, 7) is 4.73. The molecule has 1 heterocycles. The molecule has 0 unspecified atom stereocenters. The quantitative estimate of drug-likeness (QED) is 0.169. The van der Waals surface area contributed by atoms with E-state index in [9.17, 15) is 0 Å². The number of aromatic nitrogens is 2. The predicted octanol–water partition coefficient (Wildman–Crippen LogP) is 15.1. The second kappa shape index (κ2) is 13.9. The van der Waals surface area contributed by atoms with Gasteiger partial charge in [0.15, 0.2) is 5.82 Å². The van der Waals surface area contributed by atoms with Crippen molar-refractivity contribution in [1.29, 1.82) is 0 Å². The van der Waals surface area contributed by atoms with E-state index in [4.69, 9.17) is 9.97 Å². The van der Waals surface area contributed by atoms with Crippen LogP contribution in [-0.2, 0) is 5.41 Å².